The molecule has 0 spiro atoms. The van der Waals surface area contributed by atoms with Crippen molar-refractivity contribution in [1.82, 2.24) is 4.98 Å². The number of rotatable bonds is 3. The Balaban J connectivity index is 2.24. The molecule has 0 aliphatic heterocycles. The van der Waals surface area contributed by atoms with Crippen LogP contribution in [0, 0.1) is 0 Å². The molecule has 0 saturated heterocycles. The van der Waals surface area contributed by atoms with E-state index in [4.69, 9.17) is 5.73 Å². The minimum Gasteiger partial charge on any atom is -0.318 e. The third-order valence-corrected chi connectivity index (χ3v) is 3.57. The molecule has 1 aromatic heterocycles. The number of benzene rings is 1. The van der Waals surface area contributed by atoms with Crippen molar-refractivity contribution < 1.29 is 0 Å². The van der Waals surface area contributed by atoms with Gasteiger partial charge >= 0.3 is 0 Å². The summed E-state index contributed by atoms with van der Waals surface area (Å²) in [7, 11) is 0. The molecule has 2 aromatic rings. The zero-order chi connectivity index (χ0) is 10.7. The lowest BCUT2D eigenvalue weighted by molar-refractivity contribution is 0.857. The summed E-state index contributed by atoms with van der Waals surface area (Å²) >= 11 is 1.70. The summed E-state index contributed by atoms with van der Waals surface area (Å²) < 4.78 is 0. The van der Waals surface area contributed by atoms with Gasteiger partial charge in [0.25, 0.3) is 0 Å². The number of nitrogens with two attached hydrogens (primary N) is 1. The molecule has 1 atom stereocenters. The number of thiazole rings is 1. The van der Waals surface area contributed by atoms with Gasteiger partial charge in [0.15, 0.2) is 0 Å². The first-order chi connectivity index (χ1) is 7.31. The first-order valence-corrected chi connectivity index (χ1v) is 5.88. The molecule has 0 radical (unpaired) electrons. The molecule has 1 unspecified atom stereocenters. The van der Waals surface area contributed by atoms with Gasteiger partial charge in [-0.1, -0.05) is 37.3 Å². The Kier molecular flexibility index (Phi) is 3.14. The van der Waals surface area contributed by atoms with Crippen molar-refractivity contribution in [3.63, 3.8) is 0 Å². The van der Waals surface area contributed by atoms with Crippen LogP contribution in [0.4, 0.5) is 0 Å². The van der Waals surface area contributed by atoms with Gasteiger partial charge in [-0.25, -0.2) is 4.98 Å². The van der Waals surface area contributed by atoms with Crippen molar-refractivity contribution >= 4 is 11.3 Å². The Morgan fingerprint density at radius 3 is 2.67 bits per heavy atom. The van der Waals surface area contributed by atoms with Gasteiger partial charge in [0.1, 0.15) is 5.01 Å². The maximum absolute atomic E-state index is 6.13. The van der Waals surface area contributed by atoms with E-state index in [1.54, 1.807) is 11.3 Å². The lowest BCUT2D eigenvalue weighted by Gasteiger charge is -2.07. The Bertz CT molecular complexity index is 422. The average Bonchev–Trinajstić information content (AvgIpc) is 2.78. The maximum Gasteiger partial charge on any atom is 0.114 e. The van der Waals surface area contributed by atoms with Gasteiger partial charge in [-0.2, -0.15) is 0 Å². The van der Waals surface area contributed by atoms with Gasteiger partial charge in [0.2, 0.25) is 0 Å². The van der Waals surface area contributed by atoms with E-state index in [-0.39, 0.29) is 6.04 Å². The summed E-state index contributed by atoms with van der Waals surface area (Å²) in [5.74, 6) is 0. The standard InChI is InChI=1S/C12H14N2S/c1-2-10-8-14-12(15-10)11(13)9-6-4-3-5-7-9/h3-8,11H,2,13H2,1H3. The maximum atomic E-state index is 6.13. The van der Waals surface area contributed by atoms with E-state index in [9.17, 15) is 0 Å². The molecular weight excluding hydrogens is 204 g/mol. The van der Waals surface area contributed by atoms with Crippen LogP contribution in [0.5, 0.6) is 0 Å². The molecule has 2 N–H and O–H groups in total. The van der Waals surface area contributed by atoms with Crippen LogP contribution in [0.25, 0.3) is 0 Å². The molecule has 2 rings (SSSR count). The zero-order valence-electron chi connectivity index (χ0n) is 8.68. The summed E-state index contributed by atoms with van der Waals surface area (Å²) in [5.41, 5.74) is 7.25. The van der Waals surface area contributed by atoms with Crippen molar-refractivity contribution in [1.29, 1.82) is 0 Å². The first-order valence-electron chi connectivity index (χ1n) is 5.06. The SMILES string of the molecule is CCc1cnc(C(N)c2ccccc2)s1. The van der Waals surface area contributed by atoms with Crippen molar-refractivity contribution in [3.05, 3.63) is 52.0 Å². The molecule has 0 aliphatic carbocycles. The van der Waals surface area contributed by atoms with Gasteiger partial charge in [0.05, 0.1) is 6.04 Å². The van der Waals surface area contributed by atoms with Gasteiger partial charge in [0, 0.05) is 11.1 Å². The minimum atomic E-state index is -0.0866. The topological polar surface area (TPSA) is 38.9 Å². The van der Waals surface area contributed by atoms with E-state index in [0.29, 0.717) is 0 Å². The molecule has 1 aromatic carbocycles. The van der Waals surface area contributed by atoms with Crippen LogP contribution in [0.1, 0.15) is 28.4 Å². The van der Waals surface area contributed by atoms with Gasteiger partial charge < -0.3 is 5.73 Å². The fraction of sp³-hybridized carbons (Fsp3) is 0.250. The lowest BCUT2D eigenvalue weighted by atomic mass is 10.1. The molecule has 0 saturated carbocycles. The quantitative estimate of drug-likeness (QED) is 0.860. The predicted molar refractivity (Wildman–Crippen MR) is 64.0 cm³/mol. The van der Waals surface area contributed by atoms with Gasteiger partial charge in [-0.05, 0) is 12.0 Å². The van der Waals surface area contributed by atoms with Crippen LogP contribution < -0.4 is 5.73 Å². The second-order valence-corrected chi connectivity index (χ2v) is 4.55. The van der Waals surface area contributed by atoms with E-state index in [2.05, 4.69) is 11.9 Å². The summed E-state index contributed by atoms with van der Waals surface area (Å²) in [4.78, 5) is 5.65. The number of hydrogen-bond donors (Lipinski definition) is 1. The summed E-state index contributed by atoms with van der Waals surface area (Å²) in [5, 5.41) is 0.998. The number of aryl methyl sites for hydroxylation is 1. The smallest absolute Gasteiger partial charge is 0.114 e. The molecule has 0 bridgehead atoms. The van der Waals surface area contributed by atoms with Crippen molar-refractivity contribution in [2.45, 2.75) is 19.4 Å². The molecule has 3 heteroatoms. The summed E-state index contributed by atoms with van der Waals surface area (Å²) in [6.07, 6.45) is 2.95. The second-order valence-electron chi connectivity index (χ2n) is 3.41. The molecular formula is C12H14N2S. The van der Waals surface area contributed by atoms with Crippen molar-refractivity contribution in [2.24, 2.45) is 5.73 Å². The van der Waals surface area contributed by atoms with Crippen LogP contribution in [0.15, 0.2) is 36.5 Å². The minimum absolute atomic E-state index is 0.0866. The molecule has 0 fully saturated rings. The Hall–Kier alpha value is -1.19. The molecule has 0 amide bonds. The molecule has 2 nitrogen and oxygen atoms in total. The van der Waals surface area contributed by atoms with Crippen LogP contribution in [-0.4, -0.2) is 4.98 Å². The van der Waals surface area contributed by atoms with Crippen LogP contribution >= 0.6 is 11.3 Å². The van der Waals surface area contributed by atoms with Crippen LogP contribution in [-0.2, 0) is 6.42 Å². The van der Waals surface area contributed by atoms with Crippen molar-refractivity contribution in [3.8, 4) is 0 Å². The Labute approximate surface area is 93.8 Å². The normalized spacial score (nSPS) is 12.7. The molecule has 0 aliphatic rings. The highest BCUT2D eigenvalue weighted by molar-refractivity contribution is 7.11. The predicted octanol–water partition coefficient (Wildman–Crippen LogP) is 2.75. The summed E-state index contributed by atoms with van der Waals surface area (Å²) in [6, 6.07) is 9.99. The fourth-order valence-corrected chi connectivity index (χ4v) is 2.32. The fourth-order valence-electron chi connectivity index (χ4n) is 1.43. The van der Waals surface area contributed by atoms with Crippen molar-refractivity contribution in [2.75, 3.05) is 0 Å². The second kappa shape index (κ2) is 4.55. The van der Waals surface area contributed by atoms with Crippen LogP contribution in [0.2, 0.25) is 0 Å². The number of nitrogens with zero attached hydrogens (tertiary/aromatic N) is 1. The zero-order valence-corrected chi connectivity index (χ0v) is 9.50. The van der Waals surface area contributed by atoms with E-state index in [1.807, 2.05) is 36.5 Å². The lowest BCUT2D eigenvalue weighted by Crippen LogP contribution is -2.10. The van der Waals surface area contributed by atoms with Gasteiger partial charge in [-0.3, -0.25) is 0 Å². The van der Waals surface area contributed by atoms with E-state index in [1.165, 1.54) is 4.88 Å². The van der Waals surface area contributed by atoms with E-state index >= 15 is 0 Å². The third kappa shape index (κ3) is 2.25. The average molecular weight is 218 g/mol. The molecule has 78 valence electrons. The Morgan fingerprint density at radius 2 is 2.07 bits per heavy atom. The monoisotopic (exact) mass is 218 g/mol. The molecule has 15 heavy (non-hydrogen) atoms. The van der Waals surface area contributed by atoms with E-state index < -0.39 is 0 Å². The Morgan fingerprint density at radius 1 is 1.33 bits per heavy atom. The highest BCUT2D eigenvalue weighted by Crippen LogP contribution is 2.24. The highest BCUT2D eigenvalue weighted by Gasteiger charge is 2.11. The highest BCUT2D eigenvalue weighted by atomic mass is 32.1. The molecule has 1 heterocycles. The summed E-state index contributed by atoms with van der Waals surface area (Å²) in [6.45, 7) is 2.13. The first kappa shape index (κ1) is 10.3. The van der Waals surface area contributed by atoms with Gasteiger partial charge in [-0.15, -0.1) is 11.3 Å². The number of hydrogen-bond acceptors (Lipinski definition) is 3. The largest absolute Gasteiger partial charge is 0.318 e. The third-order valence-electron chi connectivity index (χ3n) is 2.34. The number of aromatic nitrogens is 1. The van der Waals surface area contributed by atoms with E-state index in [0.717, 1.165) is 17.0 Å². The van der Waals surface area contributed by atoms with Crippen LogP contribution in [0.3, 0.4) is 0 Å².